The van der Waals surface area contributed by atoms with Crippen LogP contribution in [0.5, 0.6) is 0 Å². The van der Waals surface area contributed by atoms with E-state index in [1.807, 2.05) is 12.3 Å². The lowest BCUT2D eigenvalue weighted by molar-refractivity contribution is -0.193. The predicted molar refractivity (Wildman–Crippen MR) is 170 cm³/mol. The normalized spacial score (nSPS) is 18.9. The van der Waals surface area contributed by atoms with Gasteiger partial charge < -0.3 is 30.7 Å². The van der Waals surface area contributed by atoms with E-state index in [-0.39, 0.29) is 23.3 Å². The zero-order valence-electron chi connectivity index (χ0n) is 27.2. The summed E-state index contributed by atoms with van der Waals surface area (Å²) in [6.45, 7) is 3.05. The van der Waals surface area contributed by atoms with Gasteiger partial charge in [-0.25, -0.2) is 14.6 Å². The molecule has 0 saturated carbocycles. The quantitative estimate of drug-likeness (QED) is 0.129. The van der Waals surface area contributed by atoms with Crippen molar-refractivity contribution in [1.29, 1.82) is 0 Å². The summed E-state index contributed by atoms with van der Waals surface area (Å²) in [6, 6.07) is 14.6. The van der Waals surface area contributed by atoms with Crippen LogP contribution >= 0.6 is 0 Å². The number of halogens is 6. The predicted octanol–water partition coefficient (Wildman–Crippen LogP) is 5.84. The summed E-state index contributed by atoms with van der Waals surface area (Å²) in [7, 11) is 1.67. The molecule has 3 aliphatic rings. The van der Waals surface area contributed by atoms with E-state index in [9.17, 15) is 35.9 Å². The van der Waals surface area contributed by atoms with Crippen LogP contribution in [0.2, 0.25) is 0 Å². The molecule has 17 heteroatoms. The van der Waals surface area contributed by atoms with Crippen molar-refractivity contribution < 1.29 is 55.7 Å². The molecule has 3 aliphatic heterocycles. The van der Waals surface area contributed by atoms with Crippen LogP contribution in [0.4, 0.5) is 26.3 Å². The minimum Gasteiger partial charge on any atom is -0.475 e. The van der Waals surface area contributed by atoms with Gasteiger partial charge in [-0.15, -0.1) is 0 Å². The number of fused-ring (bicyclic) bond motifs is 4. The molecule has 1 aromatic heterocycles. The Labute approximate surface area is 283 Å². The zero-order valence-corrected chi connectivity index (χ0v) is 27.2. The number of carboxylic acids is 2. The molecule has 0 radical (unpaired) electrons. The van der Waals surface area contributed by atoms with Crippen molar-refractivity contribution in [3.8, 4) is 11.3 Å². The Hall–Kier alpha value is -4.67. The third-order valence-electron chi connectivity index (χ3n) is 8.65. The van der Waals surface area contributed by atoms with Gasteiger partial charge in [-0.05, 0) is 68.6 Å². The van der Waals surface area contributed by atoms with E-state index in [1.165, 1.54) is 10.8 Å². The molecule has 3 saturated heterocycles. The molecule has 1 atom stereocenters. The first-order valence-electron chi connectivity index (χ1n) is 15.8. The van der Waals surface area contributed by atoms with Crippen molar-refractivity contribution in [2.45, 2.75) is 69.8 Å². The number of H-pyrrole nitrogens is 1. The molecule has 5 N–H and O–H groups in total. The number of aromatic nitrogens is 2. The number of carboxylic acid groups (broad SMARTS) is 2. The summed E-state index contributed by atoms with van der Waals surface area (Å²) in [5.74, 6) is -4.45. The fourth-order valence-corrected chi connectivity index (χ4v) is 5.71. The van der Waals surface area contributed by atoms with Gasteiger partial charge in [0.25, 0.3) is 0 Å². The van der Waals surface area contributed by atoms with Gasteiger partial charge in [0.2, 0.25) is 11.8 Å². The highest BCUT2D eigenvalue weighted by Gasteiger charge is 2.45. The molecule has 274 valence electrons. The van der Waals surface area contributed by atoms with Crippen LogP contribution in [-0.4, -0.2) is 87.9 Å². The highest BCUT2D eigenvalue weighted by Crippen LogP contribution is 2.41. The second-order valence-corrected chi connectivity index (χ2v) is 12.0. The highest BCUT2D eigenvalue weighted by atomic mass is 19.4. The number of unbranched alkanes of at least 4 members (excludes halogenated alkanes) is 2. The van der Waals surface area contributed by atoms with E-state index in [1.54, 1.807) is 7.05 Å². The maximum atomic E-state index is 13.6. The lowest BCUT2D eigenvalue weighted by Gasteiger charge is -2.47. The minimum atomic E-state index is -5.08. The van der Waals surface area contributed by atoms with Crippen molar-refractivity contribution in [1.82, 2.24) is 25.5 Å². The summed E-state index contributed by atoms with van der Waals surface area (Å²) in [6.07, 6.45) is -1.41. The number of hydrogen-bond acceptors (Lipinski definition) is 6. The van der Waals surface area contributed by atoms with Gasteiger partial charge >= 0.3 is 24.3 Å². The van der Waals surface area contributed by atoms with Crippen LogP contribution in [0.1, 0.15) is 63.2 Å². The topological polar surface area (TPSA) is 165 Å². The number of amides is 2. The molecule has 0 spiro atoms. The Morgan fingerprint density at radius 2 is 1.44 bits per heavy atom. The van der Waals surface area contributed by atoms with Crippen molar-refractivity contribution in [3.05, 3.63) is 54.5 Å². The smallest absolute Gasteiger partial charge is 0.475 e. The molecule has 2 bridgehead atoms. The fourth-order valence-electron chi connectivity index (χ4n) is 5.71. The highest BCUT2D eigenvalue weighted by molar-refractivity contribution is 5.87. The van der Waals surface area contributed by atoms with Crippen molar-refractivity contribution in [2.24, 2.45) is 5.41 Å². The number of carbonyl (C=O) groups is 4. The molecule has 4 heterocycles. The molecule has 0 aliphatic carbocycles. The van der Waals surface area contributed by atoms with Crippen LogP contribution in [0.3, 0.4) is 0 Å². The number of hydrogen-bond donors (Lipinski definition) is 5. The fraction of sp³-hybridized carbons (Fsp3) is 0.485. The van der Waals surface area contributed by atoms with Gasteiger partial charge in [0.05, 0.1) is 23.3 Å². The Morgan fingerprint density at radius 3 is 1.98 bits per heavy atom. The first-order chi connectivity index (χ1) is 23.4. The molecule has 6 rings (SSSR count). The van der Waals surface area contributed by atoms with E-state index >= 15 is 0 Å². The Bertz CT molecular complexity index is 1580. The van der Waals surface area contributed by atoms with Gasteiger partial charge in [-0.3, -0.25) is 9.59 Å². The average molecular weight is 716 g/mol. The molecular formula is C33H39F6N5O6. The number of imidazole rings is 1. The first kappa shape index (κ1) is 39.8. The maximum absolute atomic E-state index is 13.6. The van der Waals surface area contributed by atoms with Crippen LogP contribution in [0, 0.1) is 5.41 Å². The largest absolute Gasteiger partial charge is 0.490 e. The van der Waals surface area contributed by atoms with Gasteiger partial charge in [0.1, 0.15) is 5.82 Å². The molecule has 3 fully saturated rings. The summed E-state index contributed by atoms with van der Waals surface area (Å²) in [5, 5.41) is 22.7. The zero-order chi connectivity index (χ0) is 37.1. The minimum absolute atomic E-state index is 0.0775. The summed E-state index contributed by atoms with van der Waals surface area (Å²) in [5.41, 5.74) is 1.81. The maximum Gasteiger partial charge on any atom is 0.490 e. The Kier molecular flexibility index (Phi) is 13.8. The van der Waals surface area contributed by atoms with Crippen molar-refractivity contribution in [3.63, 3.8) is 0 Å². The molecule has 50 heavy (non-hydrogen) atoms. The van der Waals surface area contributed by atoms with Gasteiger partial charge in [0, 0.05) is 19.0 Å². The SMILES string of the molecule is CNC(=O)CCCCC[C@H](NC(=O)C12CCN(CC1)CC2)c1ncc(-c2ccc3ccccc3c2)[nH]1.O=C(O)C(F)(F)F.O=C(O)C(F)(F)F. The first-order valence-corrected chi connectivity index (χ1v) is 15.8. The number of carbonyl (C=O) groups excluding carboxylic acids is 2. The number of nitrogens with zero attached hydrogens (tertiary/aromatic N) is 2. The summed E-state index contributed by atoms with van der Waals surface area (Å²) in [4.78, 5) is 53.6. The number of nitrogens with one attached hydrogen (secondary N) is 3. The lowest BCUT2D eigenvalue weighted by Crippen LogP contribution is -2.55. The number of aliphatic carboxylic acids is 2. The number of aromatic amines is 1. The van der Waals surface area contributed by atoms with E-state index in [0.29, 0.717) is 6.42 Å². The van der Waals surface area contributed by atoms with Gasteiger partial charge in [-0.1, -0.05) is 49.2 Å². The summed E-state index contributed by atoms with van der Waals surface area (Å²) < 4.78 is 63.5. The molecule has 2 aromatic carbocycles. The third-order valence-corrected chi connectivity index (χ3v) is 8.65. The molecule has 0 unspecified atom stereocenters. The van der Waals surface area contributed by atoms with Crippen molar-refractivity contribution in [2.75, 3.05) is 26.7 Å². The van der Waals surface area contributed by atoms with Crippen molar-refractivity contribution >= 4 is 34.5 Å². The molecular weight excluding hydrogens is 676 g/mol. The van der Waals surface area contributed by atoms with Gasteiger partial charge in [-0.2, -0.15) is 26.3 Å². The summed E-state index contributed by atoms with van der Waals surface area (Å²) >= 11 is 0. The van der Waals surface area contributed by atoms with Crippen LogP contribution in [0.25, 0.3) is 22.0 Å². The number of piperidine rings is 3. The third kappa shape index (κ3) is 11.5. The Morgan fingerprint density at radius 1 is 0.880 bits per heavy atom. The van der Waals surface area contributed by atoms with Crippen LogP contribution < -0.4 is 10.6 Å². The molecule has 3 aromatic rings. The lowest BCUT2D eigenvalue weighted by atomic mass is 9.71. The van der Waals surface area contributed by atoms with E-state index in [4.69, 9.17) is 24.8 Å². The molecule has 11 nitrogen and oxygen atoms in total. The number of alkyl halides is 6. The van der Waals surface area contributed by atoms with Gasteiger partial charge in [0.15, 0.2) is 0 Å². The van der Waals surface area contributed by atoms with E-state index < -0.39 is 24.3 Å². The monoisotopic (exact) mass is 715 g/mol. The van der Waals surface area contributed by atoms with E-state index in [2.05, 4.69) is 56.9 Å². The van der Waals surface area contributed by atoms with Crippen LogP contribution in [-0.2, 0) is 19.2 Å². The molecule has 2 amide bonds. The average Bonchev–Trinajstić information content (AvgIpc) is 3.58. The number of benzene rings is 2. The number of rotatable bonds is 10. The second-order valence-electron chi connectivity index (χ2n) is 12.0. The van der Waals surface area contributed by atoms with Crippen LogP contribution in [0.15, 0.2) is 48.7 Å². The Balaban J connectivity index is 0.000000408. The standard InChI is InChI=1S/C29H37N5O2.2C2HF3O2/c1-30-26(35)10-4-2-3-9-24(33-28(36)29-13-16-34(17-14-29)18-15-29)27-31-20-25(32-27)23-12-11-21-7-5-6-8-22(21)19-23;2*3-2(4,5)1(6)7/h5-8,11-12,19-20,24H,2-4,9-10,13-18H2,1H3,(H,30,35)(H,31,32)(H,33,36);2*(H,6,7)/t24-;;/m0../s1. The van der Waals surface area contributed by atoms with E-state index in [0.717, 1.165) is 81.7 Å². The second kappa shape index (κ2) is 17.3.